The van der Waals surface area contributed by atoms with E-state index in [0.717, 1.165) is 12.5 Å². The Bertz CT molecular complexity index is 923. The number of phenolic OH excluding ortho intramolecular Hbond substituents is 1. The van der Waals surface area contributed by atoms with E-state index in [1.807, 2.05) is 19.2 Å². The third-order valence-corrected chi connectivity index (χ3v) is 9.02. The Morgan fingerprint density at radius 3 is 2.00 bits per heavy atom. The Morgan fingerprint density at radius 1 is 0.857 bits per heavy atom. The van der Waals surface area contributed by atoms with Crippen molar-refractivity contribution in [3.63, 3.8) is 0 Å². The van der Waals surface area contributed by atoms with Gasteiger partial charge in [-0.1, -0.05) is 81.5 Å². The molecule has 4 unspecified atom stereocenters. The molecular formula is C32H50N2O. The maximum atomic E-state index is 9.66. The van der Waals surface area contributed by atoms with Crippen molar-refractivity contribution in [3.8, 4) is 5.75 Å². The van der Waals surface area contributed by atoms with Gasteiger partial charge in [0.2, 0.25) is 0 Å². The molecular weight excluding hydrogens is 428 g/mol. The van der Waals surface area contributed by atoms with Crippen LogP contribution in [0.2, 0.25) is 0 Å². The van der Waals surface area contributed by atoms with Gasteiger partial charge in [0.1, 0.15) is 5.75 Å². The molecule has 2 fully saturated rings. The van der Waals surface area contributed by atoms with Gasteiger partial charge in [-0.05, 0) is 106 Å². The van der Waals surface area contributed by atoms with Crippen molar-refractivity contribution in [1.29, 1.82) is 0 Å². The zero-order chi connectivity index (χ0) is 25.5. The molecule has 0 saturated heterocycles. The van der Waals surface area contributed by atoms with Gasteiger partial charge in [0.05, 0.1) is 0 Å². The first kappa shape index (κ1) is 27.7. The summed E-state index contributed by atoms with van der Waals surface area (Å²) in [7, 11) is 6.42. The van der Waals surface area contributed by atoms with Crippen LogP contribution in [0, 0.1) is 18.8 Å². The highest BCUT2D eigenvalue weighted by Crippen LogP contribution is 2.45. The first-order valence-electron chi connectivity index (χ1n) is 13.8. The summed E-state index contributed by atoms with van der Waals surface area (Å²) < 4.78 is 0. The molecule has 2 aliphatic carbocycles. The SMILES string of the molecule is CNCC1CCCCC1(C)c1cccc(O)c1.Cc1cccc(C2(C)CCCCC2CN(C)C)c1. The zero-order valence-electron chi connectivity index (χ0n) is 23.2. The highest BCUT2D eigenvalue weighted by atomic mass is 16.3. The number of hydrogen-bond donors (Lipinski definition) is 2. The summed E-state index contributed by atoms with van der Waals surface area (Å²) in [6.07, 6.45) is 10.6. The van der Waals surface area contributed by atoms with Gasteiger partial charge in [-0.2, -0.15) is 0 Å². The predicted molar refractivity (Wildman–Crippen MR) is 150 cm³/mol. The maximum absolute atomic E-state index is 9.66. The fraction of sp³-hybridized carbons (Fsp3) is 0.625. The summed E-state index contributed by atoms with van der Waals surface area (Å²) >= 11 is 0. The molecule has 0 bridgehead atoms. The number of rotatable bonds is 6. The Labute approximate surface area is 215 Å². The number of hydrogen-bond acceptors (Lipinski definition) is 3. The smallest absolute Gasteiger partial charge is 0.115 e. The monoisotopic (exact) mass is 478 g/mol. The predicted octanol–water partition coefficient (Wildman–Crippen LogP) is 7.06. The summed E-state index contributed by atoms with van der Waals surface area (Å²) in [5, 5.41) is 13.0. The lowest BCUT2D eigenvalue weighted by atomic mass is 9.63. The largest absolute Gasteiger partial charge is 0.508 e. The highest BCUT2D eigenvalue weighted by molar-refractivity contribution is 5.34. The fourth-order valence-electron chi connectivity index (χ4n) is 6.74. The van der Waals surface area contributed by atoms with Crippen LogP contribution in [-0.4, -0.2) is 44.2 Å². The minimum atomic E-state index is 0.208. The minimum absolute atomic E-state index is 0.208. The van der Waals surface area contributed by atoms with Gasteiger partial charge < -0.3 is 15.3 Å². The molecule has 0 heterocycles. The molecule has 3 nitrogen and oxygen atoms in total. The number of aromatic hydroxyl groups is 1. The molecule has 2 N–H and O–H groups in total. The van der Waals surface area contributed by atoms with Gasteiger partial charge in [-0.25, -0.2) is 0 Å². The number of benzene rings is 2. The van der Waals surface area contributed by atoms with Crippen LogP contribution in [0.25, 0.3) is 0 Å². The van der Waals surface area contributed by atoms with Gasteiger partial charge in [0, 0.05) is 6.54 Å². The molecule has 35 heavy (non-hydrogen) atoms. The summed E-state index contributed by atoms with van der Waals surface area (Å²) in [6.45, 7) is 9.31. The molecule has 0 radical (unpaired) electrons. The van der Waals surface area contributed by atoms with E-state index in [0.29, 0.717) is 17.1 Å². The van der Waals surface area contributed by atoms with E-state index in [1.165, 1.54) is 69.0 Å². The molecule has 194 valence electrons. The van der Waals surface area contributed by atoms with E-state index in [2.05, 4.69) is 75.4 Å². The molecule has 2 aromatic rings. The molecule has 2 saturated carbocycles. The van der Waals surface area contributed by atoms with Crippen LogP contribution < -0.4 is 5.32 Å². The zero-order valence-corrected chi connectivity index (χ0v) is 23.2. The second kappa shape index (κ2) is 12.4. The van der Waals surface area contributed by atoms with Crippen LogP contribution in [0.15, 0.2) is 48.5 Å². The molecule has 0 aliphatic heterocycles. The van der Waals surface area contributed by atoms with E-state index in [4.69, 9.17) is 0 Å². The van der Waals surface area contributed by atoms with Gasteiger partial charge in [0.25, 0.3) is 0 Å². The molecule has 4 rings (SSSR count). The molecule has 2 aliphatic rings. The topological polar surface area (TPSA) is 35.5 Å². The van der Waals surface area contributed by atoms with Gasteiger partial charge in [-0.3, -0.25) is 0 Å². The molecule has 0 amide bonds. The Balaban J connectivity index is 0.000000196. The Morgan fingerprint density at radius 2 is 1.43 bits per heavy atom. The van der Waals surface area contributed by atoms with Crippen molar-refractivity contribution >= 4 is 0 Å². The maximum Gasteiger partial charge on any atom is 0.115 e. The number of nitrogens with one attached hydrogen (secondary N) is 1. The van der Waals surface area contributed by atoms with E-state index in [-0.39, 0.29) is 5.41 Å². The second-order valence-corrected chi connectivity index (χ2v) is 12.0. The lowest BCUT2D eigenvalue weighted by Gasteiger charge is -2.43. The van der Waals surface area contributed by atoms with Crippen molar-refractivity contribution in [2.45, 2.75) is 83.0 Å². The average molecular weight is 479 g/mol. The Hall–Kier alpha value is -1.84. The standard InChI is InChI=1S/C17H27N.C15H23NO/c1-14-8-7-10-15(12-14)17(2)11-6-5-9-16(17)13-18(3)4;1-15(12-7-5-8-14(17)10-12)9-4-3-6-13(15)11-16-2/h7-8,10,12,16H,5-6,9,11,13H2,1-4H3;5,7-8,10,13,16-17H,3-4,6,9,11H2,1-2H3. The van der Waals surface area contributed by atoms with Crippen LogP contribution >= 0.6 is 0 Å². The van der Waals surface area contributed by atoms with Crippen LogP contribution in [0.4, 0.5) is 0 Å². The molecule has 0 spiro atoms. The minimum Gasteiger partial charge on any atom is -0.508 e. The highest BCUT2D eigenvalue weighted by Gasteiger charge is 2.38. The lowest BCUT2D eigenvalue weighted by molar-refractivity contribution is 0.160. The first-order valence-corrected chi connectivity index (χ1v) is 13.8. The molecule has 0 aromatic heterocycles. The molecule has 3 heteroatoms. The van der Waals surface area contributed by atoms with Crippen molar-refractivity contribution in [2.24, 2.45) is 11.8 Å². The summed E-state index contributed by atoms with van der Waals surface area (Å²) in [5.41, 5.74) is 4.81. The quantitative estimate of drug-likeness (QED) is 0.466. The number of nitrogens with zero attached hydrogens (tertiary/aromatic N) is 1. The third-order valence-electron chi connectivity index (χ3n) is 9.02. The van der Waals surface area contributed by atoms with Gasteiger partial charge in [0.15, 0.2) is 0 Å². The lowest BCUT2D eigenvalue weighted by Crippen LogP contribution is -2.40. The van der Waals surface area contributed by atoms with Crippen LogP contribution in [0.3, 0.4) is 0 Å². The summed E-state index contributed by atoms with van der Waals surface area (Å²) in [4.78, 5) is 2.35. The molecule has 2 aromatic carbocycles. The van der Waals surface area contributed by atoms with Crippen molar-refractivity contribution < 1.29 is 5.11 Å². The van der Waals surface area contributed by atoms with E-state index in [9.17, 15) is 5.11 Å². The fourth-order valence-corrected chi connectivity index (χ4v) is 6.74. The van der Waals surface area contributed by atoms with E-state index in [1.54, 1.807) is 11.6 Å². The van der Waals surface area contributed by atoms with E-state index < -0.39 is 0 Å². The van der Waals surface area contributed by atoms with Crippen molar-refractivity contribution in [3.05, 3.63) is 65.2 Å². The number of phenols is 1. The third kappa shape index (κ3) is 6.89. The summed E-state index contributed by atoms with van der Waals surface area (Å²) in [5.74, 6) is 1.85. The van der Waals surface area contributed by atoms with Gasteiger partial charge >= 0.3 is 0 Å². The van der Waals surface area contributed by atoms with Crippen LogP contribution in [0.5, 0.6) is 5.75 Å². The number of aryl methyl sites for hydroxylation is 1. The van der Waals surface area contributed by atoms with Crippen molar-refractivity contribution in [1.82, 2.24) is 10.2 Å². The van der Waals surface area contributed by atoms with Gasteiger partial charge in [-0.15, -0.1) is 0 Å². The normalized spacial score (nSPS) is 28.9. The Kier molecular flexibility index (Phi) is 9.84. The molecule has 4 atom stereocenters. The van der Waals surface area contributed by atoms with Crippen LogP contribution in [-0.2, 0) is 10.8 Å². The van der Waals surface area contributed by atoms with Crippen molar-refractivity contribution in [2.75, 3.05) is 34.2 Å². The first-order chi connectivity index (χ1) is 16.7. The average Bonchev–Trinajstić information content (AvgIpc) is 2.82. The summed E-state index contributed by atoms with van der Waals surface area (Å²) in [6, 6.07) is 17.0. The van der Waals surface area contributed by atoms with Crippen LogP contribution in [0.1, 0.15) is 81.9 Å². The second-order valence-electron chi connectivity index (χ2n) is 12.0. The van der Waals surface area contributed by atoms with E-state index >= 15 is 0 Å².